The topological polar surface area (TPSA) is 67.6 Å². The van der Waals surface area contributed by atoms with E-state index >= 15 is 0 Å². The predicted octanol–water partition coefficient (Wildman–Crippen LogP) is 7.20. The summed E-state index contributed by atoms with van der Waals surface area (Å²) in [7, 11) is 1.68. The number of methoxy groups -OCH3 is 1. The van der Waals surface area contributed by atoms with Crippen LogP contribution < -0.4 is 9.64 Å². The molecule has 1 amide bonds. The number of carbonyl (C=O) groups excluding carboxylic acids is 1. The molecular formula is C32H38F3N3O3. The maximum absolute atomic E-state index is 13.9. The fourth-order valence-corrected chi connectivity index (χ4v) is 6.42. The van der Waals surface area contributed by atoms with E-state index < -0.39 is 6.30 Å². The molecule has 1 heterocycles. The third kappa shape index (κ3) is 6.77. The molecule has 2 fully saturated rings. The molecule has 1 N–H and O–H groups in total. The number of ether oxygens (including phenoxy) is 1. The summed E-state index contributed by atoms with van der Waals surface area (Å²) in [5.41, 5.74) is 4.05. The van der Waals surface area contributed by atoms with Crippen molar-refractivity contribution in [2.24, 2.45) is 11.8 Å². The van der Waals surface area contributed by atoms with Crippen LogP contribution >= 0.6 is 0 Å². The van der Waals surface area contributed by atoms with Gasteiger partial charge in [0.1, 0.15) is 5.75 Å². The van der Waals surface area contributed by atoms with Crippen LogP contribution in [0.5, 0.6) is 5.75 Å². The van der Waals surface area contributed by atoms with Crippen LogP contribution in [0.1, 0.15) is 68.4 Å². The molecule has 0 radical (unpaired) electrons. The van der Waals surface area contributed by atoms with E-state index in [1.807, 2.05) is 17.0 Å². The predicted molar refractivity (Wildman–Crippen MR) is 152 cm³/mol. The molecule has 220 valence electrons. The molecule has 0 unspecified atom stereocenters. The highest BCUT2D eigenvalue weighted by molar-refractivity contribution is 5.95. The number of aryl methyl sites for hydroxylation is 1. The summed E-state index contributed by atoms with van der Waals surface area (Å²) in [4.78, 5) is 15.8. The van der Waals surface area contributed by atoms with Gasteiger partial charge in [0.25, 0.3) is 0 Å². The number of rotatable bonds is 7. The molecule has 1 aromatic heterocycles. The lowest BCUT2D eigenvalue weighted by atomic mass is 9.78. The van der Waals surface area contributed by atoms with Gasteiger partial charge in [0, 0.05) is 29.9 Å². The fraction of sp³-hybridized carbons (Fsp3) is 0.500. The molecule has 0 atom stereocenters. The summed E-state index contributed by atoms with van der Waals surface area (Å²) >= 11 is 0. The first-order valence-electron chi connectivity index (χ1n) is 14.5. The van der Waals surface area contributed by atoms with Gasteiger partial charge in [-0.3, -0.25) is 4.79 Å². The summed E-state index contributed by atoms with van der Waals surface area (Å²) in [6.45, 7) is 2.63. The molecule has 41 heavy (non-hydrogen) atoms. The number of aromatic nitrogens is 2. The Morgan fingerprint density at radius 3 is 2.39 bits per heavy atom. The number of aliphatic hydroxyl groups excluding tert-OH is 1. The number of halogens is 3. The quantitative estimate of drug-likeness (QED) is 0.327. The van der Waals surface area contributed by atoms with E-state index in [2.05, 4.69) is 24.2 Å². The third-order valence-electron chi connectivity index (χ3n) is 8.82. The zero-order valence-corrected chi connectivity index (χ0v) is 23.6. The Kier molecular flexibility index (Phi) is 8.73. The van der Waals surface area contributed by atoms with Gasteiger partial charge in [0.05, 0.1) is 19.4 Å². The van der Waals surface area contributed by atoms with Crippen molar-refractivity contribution in [3.05, 3.63) is 66.0 Å². The molecule has 2 saturated carbocycles. The highest BCUT2D eigenvalue weighted by Crippen LogP contribution is 2.39. The summed E-state index contributed by atoms with van der Waals surface area (Å²) in [5, 5.41) is 13.5. The van der Waals surface area contributed by atoms with Gasteiger partial charge in [-0.15, -0.1) is 13.2 Å². The number of alkyl halides is 3. The number of carbonyl (C=O) groups is 1. The van der Waals surface area contributed by atoms with Crippen LogP contribution in [-0.2, 0) is 11.1 Å². The molecule has 6 nitrogen and oxygen atoms in total. The summed E-state index contributed by atoms with van der Waals surface area (Å²) in [6.07, 6.45) is 3.73. The fourth-order valence-electron chi connectivity index (χ4n) is 6.42. The first kappa shape index (κ1) is 29.2. The molecular weight excluding hydrogens is 531 g/mol. The Hall–Kier alpha value is -3.33. The maximum atomic E-state index is 13.9. The van der Waals surface area contributed by atoms with E-state index in [-0.39, 0.29) is 22.6 Å². The van der Waals surface area contributed by atoms with Crippen molar-refractivity contribution < 1.29 is 27.8 Å². The van der Waals surface area contributed by atoms with Gasteiger partial charge >= 0.3 is 6.30 Å². The minimum Gasteiger partial charge on any atom is -0.496 e. The molecule has 2 aromatic carbocycles. The zero-order chi connectivity index (χ0) is 29.1. The summed E-state index contributed by atoms with van der Waals surface area (Å²) < 4.78 is 44.8. The van der Waals surface area contributed by atoms with Crippen LogP contribution in [0.15, 0.2) is 54.9 Å². The highest BCUT2D eigenvalue weighted by atomic mass is 19.4. The maximum Gasteiger partial charge on any atom is 0.504 e. The lowest BCUT2D eigenvalue weighted by Gasteiger charge is -2.36. The van der Waals surface area contributed by atoms with Crippen LogP contribution in [0.2, 0.25) is 0 Å². The number of hydrogen-bond donors (Lipinski definition) is 1. The molecule has 0 aliphatic heterocycles. The van der Waals surface area contributed by atoms with E-state index in [1.165, 1.54) is 11.8 Å². The smallest absolute Gasteiger partial charge is 0.496 e. The molecule has 0 saturated heterocycles. The summed E-state index contributed by atoms with van der Waals surface area (Å²) in [5.74, 6) is 1.54. The van der Waals surface area contributed by atoms with Crippen molar-refractivity contribution >= 4 is 11.6 Å². The van der Waals surface area contributed by atoms with Crippen molar-refractivity contribution in [3.8, 4) is 16.9 Å². The summed E-state index contributed by atoms with van der Waals surface area (Å²) in [6, 6.07) is 13.6. The lowest BCUT2D eigenvalue weighted by molar-refractivity contribution is -0.212. The number of hydrogen-bond acceptors (Lipinski definition) is 4. The standard InChI is InChI=1S/C32H38F3N3O3/c1-21-16-26(12-15-30(21)41-2)23-8-6-22(7-9-23)19-37(31(40)24-10-13-29(39)14-11-24)28-5-3-4-25(17-28)27-18-36-38(20-27)32(33,34)35/h3-5,12,15-18,20,22-24,29,39H,6-11,13-14,19H2,1-2H3/t22-,23-,24-,29-. The van der Waals surface area contributed by atoms with Crippen LogP contribution in [0.3, 0.4) is 0 Å². The zero-order valence-electron chi connectivity index (χ0n) is 23.6. The Bertz CT molecular complexity index is 1340. The van der Waals surface area contributed by atoms with Gasteiger partial charge in [0.15, 0.2) is 0 Å². The average Bonchev–Trinajstić information content (AvgIpc) is 3.48. The molecule has 0 spiro atoms. The molecule has 5 rings (SSSR count). The monoisotopic (exact) mass is 569 g/mol. The van der Waals surface area contributed by atoms with Crippen molar-refractivity contribution in [2.75, 3.05) is 18.6 Å². The minimum atomic E-state index is -4.59. The molecule has 9 heteroatoms. The van der Waals surface area contributed by atoms with Crippen molar-refractivity contribution in [1.82, 2.24) is 9.78 Å². The van der Waals surface area contributed by atoms with Crippen LogP contribution in [0, 0.1) is 18.8 Å². The second kappa shape index (κ2) is 12.3. The second-order valence-corrected chi connectivity index (χ2v) is 11.6. The highest BCUT2D eigenvalue weighted by Gasteiger charge is 2.33. The van der Waals surface area contributed by atoms with Crippen molar-refractivity contribution in [3.63, 3.8) is 0 Å². The number of aliphatic hydroxyl groups is 1. The normalized spacial score (nSPS) is 23.3. The Balaban J connectivity index is 1.34. The van der Waals surface area contributed by atoms with Crippen molar-refractivity contribution in [2.45, 2.75) is 76.6 Å². The SMILES string of the molecule is COc1ccc([C@H]2CC[C@H](CN(c3cccc(-c4cnn(C(F)(F)F)c4)c3)C(=O)[C@H]3CC[C@H](O)CC3)CC2)cc1C. The van der Waals surface area contributed by atoms with E-state index in [4.69, 9.17) is 4.74 Å². The first-order chi connectivity index (χ1) is 19.6. The van der Waals surface area contributed by atoms with E-state index in [9.17, 15) is 23.1 Å². The van der Waals surface area contributed by atoms with E-state index in [0.717, 1.165) is 43.2 Å². The van der Waals surface area contributed by atoms with Crippen LogP contribution in [0.4, 0.5) is 18.9 Å². The molecule has 2 aliphatic carbocycles. The van der Waals surface area contributed by atoms with Gasteiger partial charge < -0.3 is 14.7 Å². The number of benzene rings is 2. The number of anilines is 1. The molecule has 3 aromatic rings. The Labute approximate surface area is 239 Å². The van der Waals surface area contributed by atoms with Crippen LogP contribution in [0.25, 0.3) is 11.1 Å². The number of nitrogens with zero attached hydrogens (tertiary/aromatic N) is 3. The van der Waals surface area contributed by atoms with E-state index in [0.29, 0.717) is 60.9 Å². The lowest BCUT2D eigenvalue weighted by Crippen LogP contribution is -2.41. The van der Waals surface area contributed by atoms with Gasteiger partial charge in [-0.25, -0.2) is 0 Å². The van der Waals surface area contributed by atoms with E-state index in [1.54, 1.807) is 25.3 Å². The molecule has 0 bridgehead atoms. The molecule has 2 aliphatic rings. The average molecular weight is 570 g/mol. The van der Waals surface area contributed by atoms with Gasteiger partial charge in [-0.2, -0.15) is 9.78 Å². The van der Waals surface area contributed by atoms with Gasteiger partial charge in [-0.05, 0) is 105 Å². The largest absolute Gasteiger partial charge is 0.504 e. The van der Waals surface area contributed by atoms with Crippen molar-refractivity contribution in [1.29, 1.82) is 0 Å². The third-order valence-corrected chi connectivity index (χ3v) is 8.82. The number of amides is 1. The van der Waals surface area contributed by atoms with Gasteiger partial charge in [0.2, 0.25) is 5.91 Å². The Morgan fingerprint density at radius 1 is 1.02 bits per heavy atom. The first-order valence-corrected chi connectivity index (χ1v) is 14.5. The van der Waals surface area contributed by atoms with Gasteiger partial charge in [-0.1, -0.05) is 24.3 Å². The van der Waals surface area contributed by atoms with Crippen LogP contribution in [-0.4, -0.2) is 40.6 Å². The Morgan fingerprint density at radius 2 is 1.76 bits per heavy atom. The second-order valence-electron chi connectivity index (χ2n) is 11.6. The minimum absolute atomic E-state index is 0.00593.